The molecule has 0 bridgehead atoms. The number of methoxy groups -OCH3 is 1. The van der Waals surface area contributed by atoms with E-state index in [2.05, 4.69) is 17.4 Å². The average molecular weight is 351 g/mol. The van der Waals surface area contributed by atoms with Crippen molar-refractivity contribution in [2.75, 3.05) is 13.7 Å². The van der Waals surface area contributed by atoms with Gasteiger partial charge in [-0.3, -0.25) is 4.79 Å². The van der Waals surface area contributed by atoms with Gasteiger partial charge in [-0.25, -0.2) is 0 Å². The molecule has 1 atom stereocenters. The molecular formula is C21H21NO4. The van der Waals surface area contributed by atoms with E-state index in [1.54, 1.807) is 13.2 Å². The van der Waals surface area contributed by atoms with Gasteiger partial charge >= 0.3 is 0 Å². The molecule has 1 aliphatic heterocycles. The second kappa shape index (κ2) is 6.75. The number of benzene rings is 2. The Morgan fingerprint density at radius 2 is 2.15 bits per heavy atom. The van der Waals surface area contributed by atoms with Gasteiger partial charge in [0.05, 0.1) is 13.7 Å². The number of hydrogen-bond donors (Lipinski definition) is 1. The lowest BCUT2D eigenvalue weighted by Crippen LogP contribution is -2.33. The van der Waals surface area contributed by atoms with Crippen molar-refractivity contribution in [3.8, 4) is 11.5 Å². The fourth-order valence-electron chi connectivity index (χ4n) is 3.38. The molecule has 0 saturated carbocycles. The smallest absolute Gasteiger partial charge is 0.287 e. The van der Waals surface area contributed by atoms with Gasteiger partial charge in [-0.05, 0) is 42.7 Å². The van der Waals surface area contributed by atoms with Crippen LogP contribution in [0, 0.1) is 0 Å². The highest BCUT2D eigenvalue weighted by Gasteiger charge is 2.18. The van der Waals surface area contributed by atoms with Crippen LogP contribution in [0.5, 0.6) is 11.5 Å². The molecule has 0 spiro atoms. The van der Waals surface area contributed by atoms with Gasteiger partial charge in [0, 0.05) is 17.8 Å². The van der Waals surface area contributed by atoms with E-state index in [4.69, 9.17) is 13.9 Å². The van der Waals surface area contributed by atoms with E-state index in [1.807, 2.05) is 31.2 Å². The second-order valence-electron chi connectivity index (χ2n) is 6.61. The molecule has 4 rings (SSSR count). The summed E-state index contributed by atoms with van der Waals surface area (Å²) in [5.74, 6) is 1.66. The van der Waals surface area contributed by atoms with Crippen LogP contribution in [0.2, 0.25) is 0 Å². The third-order valence-electron chi connectivity index (χ3n) is 4.62. The van der Waals surface area contributed by atoms with Crippen molar-refractivity contribution in [2.45, 2.75) is 25.8 Å². The van der Waals surface area contributed by atoms with E-state index in [9.17, 15) is 4.79 Å². The molecule has 3 aromatic rings. The molecule has 2 heterocycles. The maximum absolute atomic E-state index is 12.5. The Morgan fingerprint density at radius 3 is 3.00 bits per heavy atom. The predicted molar refractivity (Wildman–Crippen MR) is 99.0 cm³/mol. The SMILES string of the molecule is COc1cccc2cc(C(=O)NC(C)Cc3ccc4c(c3)CCO4)oc12. The van der Waals surface area contributed by atoms with Gasteiger partial charge in [-0.1, -0.05) is 24.3 Å². The van der Waals surface area contributed by atoms with Crippen LogP contribution < -0.4 is 14.8 Å². The molecule has 1 unspecified atom stereocenters. The zero-order valence-electron chi connectivity index (χ0n) is 14.9. The normalized spacial score (nSPS) is 13.9. The van der Waals surface area contributed by atoms with Gasteiger partial charge in [-0.15, -0.1) is 0 Å². The van der Waals surface area contributed by atoms with Gasteiger partial charge in [0.1, 0.15) is 5.75 Å². The van der Waals surface area contributed by atoms with E-state index in [0.29, 0.717) is 17.1 Å². The number of carbonyl (C=O) groups is 1. The highest BCUT2D eigenvalue weighted by atomic mass is 16.5. The van der Waals surface area contributed by atoms with Gasteiger partial charge in [0.25, 0.3) is 5.91 Å². The van der Waals surface area contributed by atoms with Gasteiger partial charge in [0.15, 0.2) is 17.1 Å². The lowest BCUT2D eigenvalue weighted by atomic mass is 10.0. The maximum atomic E-state index is 12.5. The first kappa shape index (κ1) is 16.5. The number of amides is 1. The van der Waals surface area contributed by atoms with E-state index in [1.165, 1.54) is 11.1 Å². The predicted octanol–water partition coefficient (Wildman–Crippen LogP) is 3.74. The minimum absolute atomic E-state index is 0.0158. The molecular weight excluding hydrogens is 330 g/mol. The van der Waals surface area contributed by atoms with Crippen LogP contribution in [0.15, 0.2) is 46.9 Å². The molecule has 26 heavy (non-hydrogen) atoms. The lowest BCUT2D eigenvalue weighted by molar-refractivity contribution is 0.0914. The molecule has 0 radical (unpaired) electrons. The Morgan fingerprint density at radius 1 is 1.27 bits per heavy atom. The summed E-state index contributed by atoms with van der Waals surface area (Å²) in [7, 11) is 1.58. The number of furan rings is 1. The summed E-state index contributed by atoms with van der Waals surface area (Å²) in [6.45, 7) is 2.74. The highest BCUT2D eigenvalue weighted by Crippen LogP contribution is 2.29. The Kier molecular flexibility index (Phi) is 4.29. The van der Waals surface area contributed by atoms with Crippen molar-refractivity contribution in [2.24, 2.45) is 0 Å². The third-order valence-corrected chi connectivity index (χ3v) is 4.62. The summed E-state index contributed by atoms with van der Waals surface area (Å²) in [5, 5.41) is 3.85. The third kappa shape index (κ3) is 3.12. The van der Waals surface area contributed by atoms with Crippen LogP contribution in [0.3, 0.4) is 0 Å². The molecule has 134 valence electrons. The molecule has 0 aliphatic carbocycles. The van der Waals surface area contributed by atoms with Gasteiger partial charge < -0.3 is 19.2 Å². The number of nitrogens with one attached hydrogen (secondary N) is 1. The van der Waals surface area contributed by atoms with E-state index in [-0.39, 0.29) is 11.9 Å². The monoisotopic (exact) mass is 351 g/mol. The van der Waals surface area contributed by atoms with Crippen molar-refractivity contribution >= 4 is 16.9 Å². The standard InChI is InChI=1S/C21H21NO4/c1-13(10-14-6-7-17-15(11-14)8-9-25-17)22-21(23)19-12-16-4-3-5-18(24-2)20(16)26-19/h3-7,11-13H,8-10H2,1-2H3,(H,22,23). The van der Waals surface area contributed by atoms with Crippen LogP contribution in [-0.2, 0) is 12.8 Å². The van der Waals surface area contributed by atoms with Gasteiger partial charge in [0.2, 0.25) is 0 Å². The first-order valence-electron chi connectivity index (χ1n) is 8.76. The minimum atomic E-state index is -0.222. The molecule has 5 nitrogen and oxygen atoms in total. The van der Waals surface area contributed by atoms with E-state index in [0.717, 1.165) is 30.6 Å². The van der Waals surface area contributed by atoms with Crippen molar-refractivity contribution in [3.05, 3.63) is 59.4 Å². The van der Waals surface area contributed by atoms with Crippen molar-refractivity contribution in [1.29, 1.82) is 0 Å². The van der Waals surface area contributed by atoms with Crippen LogP contribution in [0.4, 0.5) is 0 Å². The molecule has 1 aliphatic rings. The number of rotatable bonds is 5. The maximum Gasteiger partial charge on any atom is 0.287 e. The minimum Gasteiger partial charge on any atom is -0.493 e. The summed E-state index contributed by atoms with van der Waals surface area (Å²) in [6, 6.07) is 13.5. The zero-order valence-corrected chi connectivity index (χ0v) is 14.9. The van der Waals surface area contributed by atoms with Crippen LogP contribution >= 0.6 is 0 Å². The van der Waals surface area contributed by atoms with Crippen LogP contribution in [-0.4, -0.2) is 25.7 Å². The molecule has 1 aromatic heterocycles. The van der Waals surface area contributed by atoms with Crippen LogP contribution in [0.1, 0.15) is 28.6 Å². The summed E-state index contributed by atoms with van der Waals surface area (Å²) in [4.78, 5) is 12.5. The second-order valence-corrected chi connectivity index (χ2v) is 6.61. The highest BCUT2D eigenvalue weighted by molar-refractivity contribution is 5.97. The summed E-state index contributed by atoms with van der Waals surface area (Å²) >= 11 is 0. The Hall–Kier alpha value is -2.95. The fraction of sp³-hybridized carbons (Fsp3) is 0.286. The summed E-state index contributed by atoms with van der Waals surface area (Å²) in [6.07, 6.45) is 1.70. The fourth-order valence-corrected chi connectivity index (χ4v) is 3.38. The molecule has 0 fully saturated rings. The summed E-state index contributed by atoms with van der Waals surface area (Å²) < 4.78 is 16.5. The number of carbonyl (C=O) groups excluding carboxylic acids is 1. The largest absolute Gasteiger partial charge is 0.493 e. The van der Waals surface area contributed by atoms with Crippen molar-refractivity contribution in [1.82, 2.24) is 5.32 Å². The van der Waals surface area contributed by atoms with Crippen molar-refractivity contribution in [3.63, 3.8) is 0 Å². The number of para-hydroxylation sites is 1. The first-order valence-corrected chi connectivity index (χ1v) is 8.76. The molecule has 2 aromatic carbocycles. The zero-order chi connectivity index (χ0) is 18.1. The first-order chi connectivity index (χ1) is 12.6. The van der Waals surface area contributed by atoms with Crippen LogP contribution in [0.25, 0.3) is 11.0 Å². The Balaban J connectivity index is 1.46. The quantitative estimate of drug-likeness (QED) is 0.761. The van der Waals surface area contributed by atoms with Gasteiger partial charge in [-0.2, -0.15) is 0 Å². The molecule has 0 saturated heterocycles. The molecule has 1 amide bonds. The lowest BCUT2D eigenvalue weighted by Gasteiger charge is -2.13. The van der Waals surface area contributed by atoms with E-state index < -0.39 is 0 Å². The number of ether oxygens (including phenoxy) is 2. The van der Waals surface area contributed by atoms with E-state index >= 15 is 0 Å². The summed E-state index contributed by atoms with van der Waals surface area (Å²) in [5.41, 5.74) is 3.02. The number of hydrogen-bond acceptors (Lipinski definition) is 4. The average Bonchev–Trinajstić information content (AvgIpc) is 3.27. The topological polar surface area (TPSA) is 60.7 Å². The Labute approximate surface area is 151 Å². The molecule has 5 heteroatoms. The molecule has 1 N–H and O–H groups in total. The number of fused-ring (bicyclic) bond motifs is 2. The van der Waals surface area contributed by atoms with Crippen molar-refractivity contribution < 1.29 is 18.7 Å². The Bertz CT molecular complexity index is 960.